The van der Waals surface area contributed by atoms with Gasteiger partial charge < -0.3 is 4.74 Å². The van der Waals surface area contributed by atoms with Crippen LogP contribution in [0.15, 0.2) is 59.7 Å². The molecule has 0 fully saturated rings. The SMILES string of the molecule is CC1=Cc2c(cc3c(c2-c2cc(C(C)(C)C)cc(C(C)(C)C)c2)CCC3)C1[Si](C)(CCCCCCOC(C)(C)C)C1C(C)=Cc2c1cc1c(c2-c2cc(C(C)(C)C)cc(C(C)(C)C)c2)CCC1. The quantitative estimate of drug-likeness (QED) is 0.108. The molecule has 2 heteroatoms. The van der Waals surface area contributed by atoms with E-state index >= 15 is 0 Å². The highest BCUT2D eigenvalue weighted by molar-refractivity contribution is 6.83. The van der Waals surface area contributed by atoms with Crippen LogP contribution in [0.3, 0.4) is 0 Å². The van der Waals surface area contributed by atoms with Crippen LogP contribution in [-0.4, -0.2) is 20.3 Å². The van der Waals surface area contributed by atoms with Crippen molar-refractivity contribution in [2.75, 3.05) is 6.61 Å². The first-order valence-corrected chi connectivity index (χ1v) is 29.6. The van der Waals surface area contributed by atoms with E-state index in [1.807, 2.05) is 0 Å². The summed E-state index contributed by atoms with van der Waals surface area (Å²) in [6, 6.07) is 22.2. The van der Waals surface area contributed by atoms with Gasteiger partial charge in [-0.15, -0.1) is 0 Å². The third kappa shape index (κ3) is 9.85. The maximum absolute atomic E-state index is 6.21. The normalized spacial score (nSPS) is 19.3. The first kappa shape index (κ1) is 49.9. The van der Waals surface area contributed by atoms with E-state index in [-0.39, 0.29) is 27.3 Å². The van der Waals surface area contributed by atoms with Gasteiger partial charge >= 0.3 is 0 Å². The van der Waals surface area contributed by atoms with Gasteiger partial charge in [-0.25, -0.2) is 0 Å². The van der Waals surface area contributed by atoms with E-state index < -0.39 is 8.07 Å². The zero-order chi connectivity index (χ0) is 48.8. The molecule has 67 heavy (non-hydrogen) atoms. The van der Waals surface area contributed by atoms with E-state index in [1.165, 1.54) is 97.2 Å². The lowest BCUT2D eigenvalue weighted by Gasteiger charge is -2.43. The number of fused-ring (bicyclic) bond motifs is 4. The monoisotopic (exact) mass is 915 g/mol. The Hall–Kier alpha value is -3.46. The van der Waals surface area contributed by atoms with E-state index in [9.17, 15) is 0 Å². The lowest BCUT2D eigenvalue weighted by molar-refractivity contribution is -0.00471. The summed E-state index contributed by atoms with van der Waals surface area (Å²) in [5.74, 6) is 0. The van der Waals surface area contributed by atoms with Crippen molar-refractivity contribution in [2.45, 2.75) is 233 Å². The summed E-state index contributed by atoms with van der Waals surface area (Å²) in [6.45, 7) is 44.1. The number of unbranched alkanes of at least 4 members (excludes halogenated alkanes) is 3. The minimum Gasteiger partial charge on any atom is -0.376 e. The average Bonchev–Trinajstić information content (AvgIpc) is 4.01. The van der Waals surface area contributed by atoms with Crippen molar-refractivity contribution in [3.8, 4) is 22.3 Å². The minimum atomic E-state index is -2.25. The van der Waals surface area contributed by atoms with Gasteiger partial charge in [0.1, 0.15) is 0 Å². The molecule has 0 radical (unpaired) electrons. The van der Waals surface area contributed by atoms with E-state index in [0.29, 0.717) is 11.1 Å². The largest absolute Gasteiger partial charge is 0.376 e. The van der Waals surface area contributed by atoms with Gasteiger partial charge in [-0.2, -0.15) is 0 Å². The molecular formula is C65H90OSi. The lowest BCUT2D eigenvalue weighted by Crippen LogP contribution is -2.45. The summed E-state index contributed by atoms with van der Waals surface area (Å²) in [7, 11) is -2.25. The van der Waals surface area contributed by atoms with Gasteiger partial charge in [0.15, 0.2) is 0 Å². The smallest absolute Gasteiger partial charge is 0.0751 e. The van der Waals surface area contributed by atoms with Gasteiger partial charge in [-0.05, 0) is 190 Å². The molecule has 4 aliphatic rings. The maximum atomic E-state index is 6.21. The van der Waals surface area contributed by atoms with Gasteiger partial charge in [-0.1, -0.05) is 187 Å². The third-order valence-electron chi connectivity index (χ3n) is 16.6. The number of aryl methyl sites for hydroxylation is 2. The molecule has 0 heterocycles. The predicted molar refractivity (Wildman–Crippen MR) is 296 cm³/mol. The molecule has 4 aromatic rings. The fourth-order valence-electron chi connectivity index (χ4n) is 13.0. The van der Waals surface area contributed by atoms with E-state index in [1.54, 1.807) is 66.8 Å². The summed E-state index contributed by atoms with van der Waals surface area (Å²) in [6.07, 6.45) is 17.7. The number of hydrogen-bond acceptors (Lipinski definition) is 1. The van der Waals surface area contributed by atoms with Crippen LogP contribution in [0, 0.1) is 0 Å². The van der Waals surface area contributed by atoms with Gasteiger partial charge in [0.2, 0.25) is 0 Å². The maximum Gasteiger partial charge on any atom is 0.0751 e. The van der Waals surface area contributed by atoms with Gasteiger partial charge in [0.25, 0.3) is 0 Å². The minimum absolute atomic E-state index is 0.0664. The molecule has 0 aromatic heterocycles. The molecular weight excluding hydrogens is 825 g/mol. The molecule has 2 unspecified atom stereocenters. The highest BCUT2D eigenvalue weighted by atomic mass is 28.3. The molecule has 0 saturated carbocycles. The first-order chi connectivity index (χ1) is 31.1. The topological polar surface area (TPSA) is 9.23 Å². The second-order valence-corrected chi connectivity index (χ2v) is 32.0. The second kappa shape index (κ2) is 17.7. The van der Waals surface area contributed by atoms with Crippen LogP contribution in [-0.2, 0) is 52.1 Å². The Morgan fingerprint density at radius 1 is 0.478 bits per heavy atom. The van der Waals surface area contributed by atoms with Crippen LogP contribution in [0.25, 0.3) is 34.4 Å². The van der Waals surface area contributed by atoms with Gasteiger partial charge in [0, 0.05) is 17.7 Å². The Labute approximate surface area is 411 Å². The van der Waals surface area contributed by atoms with Crippen molar-refractivity contribution in [2.24, 2.45) is 0 Å². The molecule has 0 saturated heterocycles. The Kier molecular flexibility index (Phi) is 13.2. The number of rotatable bonds is 11. The molecule has 1 nitrogen and oxygen atoms in total. The van der Waals surface area contributed by atoms with Crippen LogP contribution in [0.1, 0.15) is 234 Å². The van der Waals surface area contributed by atoms with Gasteiger partial charge in [0.05, 0.1) is 13.7 Å². The van der Waals surface area contributed by atoms with Crippen LogP contribution in [0.4, 0.5) is 0 Å². The first-order valence-electron chi connectivity index (χ1n) is 26.8. The molecule has 0 N–H and O–H groups in total. The van der Waals surface area contributed by atoms with E-state index in [0.717, 1.165) is 13.0 Å². The van der Waals surface area contributed by atoms with Crippen molar-refractivity contribution in [1.82, 2.24) is 0 Å². The van der Waals surface area contributed by atoms with Crippen LogP contribution >= 0.6 is 0 Å². The second-order valence-electron chi connectivity index (χ2n) is 27.4. The fourth-order valence-corrected chi connectivity index (χ4v) is 19.0. The fraction of sp³-hybridized carbons (Fsp3) is 0.569. The molecule has 4 aromatic carbocycles. The van der Waals surface area contributed by atoms with E-state index in [4.69, 9.17) is 4.74 Å². The molecule has 0 amide bonds. The third-order valence-corrected chi connectivity index (χ3v) is 22.2. The van der Waals surface area contributed by atoms with Crippen molar-refractivity contribution in [1.29, 1.82) is 0 Å². The Bertz CT molecular complexity index is 2380. The Balaban J connectivity index is 1.31. The molecule has 2 atom stereocenters. The van der Waals surface area contributed by atoms with Gasteiger partial charge in [-0.3, -0.25) is 0 Å². The summed E-state index contributed by atoms with van der Waals surface area (Å²) >= 11 is 0. The molecule has 0 aliphatic heterocycles. The van der Waals surface area contributed by atoms with Crippen molar-refractivity contribution in [3.05, 3.63) is 126 Å². The predicted octanol–water partition coefficient (Wildman–Crippen LogP) is 18.4. The van der Waals surface area contributed by atoms with Crippen LogP contribution in [0.2, 0.25) is 12.6 Å². The zero-order valence-electron chi connectivity index (χ0n) is 45.8. The van der Waals surface area contributed by atoms with Crippen LogP contribution < -0.4 is 0 Å². The Morgan fingerprint density at radius 2 is 0.851 bits per heavy atom. The van der Waals surface area contributed by atoms with Crippen molar-refractivity contribution >= 4 is 20.2 Å². The standard InChI is InChI=1S/C65H90OSi/c1-41-31-53-55(37-43-25-23-27-51(43)57(53)45-33-47(61(3,4)5)39-48(34-45)62(6,7)8)59(41)67(18,30-22-20-19-21-29-66-65(15,16)17)60-42(2)32-54-56(60)38-44-26-24-28-52(44)58(54)46-35-49(63(9,10)11)40-50(36-46)64(12,13)14/h31-40,59-60H,19-30H2,1-18H3. The number of ether oxygens (including phenoxy) is 1. The number of hydrogen-bond donors (Lipinski definition) is 0. The highest BCUT2D eigenvalue weighted by Crippen LogP contribution is 2.58. The molecule has 0 bridgehead atoms. The number of allylic oxidation sites excluding steroid dienone is 2. The average molecular weight is 916 g/mol. The molecule has 8 rings (SSSR count). The summed E-state index contributed by atoms with van der Waals surface area (Å²) in [5, 5.41) is 0. The van der Waals surface area contributed by atoms with Crippen molar-refractivity contribution < 1.29 is 4.74 Å². The lowest BCUT2D eigenvalue weighted by atomic mass is 9.77. The molecule has 360 valence electrons. The summed E-state index contributed by atoms with van der Waals surface area (Å²) in [5.41, 5.74) is 29.1. The van der Waals surface area contributed by atoms with Crippen LogP contribution in [0.5, 0.6) is 0 Å². The number of benzene rings is 4. The van der Waals surface area contributed by atoms with Crippen molar-refractivity contribution in [3.63, 3.8) is 0 Å². The summed E-state index contributed by atoms with van der Waals surface area (Å²) < 4.78 is 6.21. The zero-order valence-corrected chi connectivity index (χ0v) is 46.8. The Morgan fingerprint density at radius 3 is 1.21 bits per heavy atom. The van der Waals surface area contributed by atoms with E-state index in [2.05, 4.69) is 185 Å². The highest BCUT2D eigenvalue weighted by Gasteiger charge is 2.51. The molecule has 0 spiro atoms. The summed E-state index contributed by atoms with van der Waals surface area (Å²) in [4.78, 5) is 0. The molecule has 4 aliphatic carbocycles.